The molecule has 0 aromatic heterocycles. The molecule has 0 spiro atoms. The average Bonchev–Trinajstić information content (AvgIpc) is 2.65. The molecular weight excluding hydrogens is 374 g/mol. The summed E-state index contributed by atoms with van der Waals surface area (Å²) >= 11 is 6.12. The van der Waals surface area contributed by atoms with Crippen LogP contribution >= 0.6 is 11.6 Å². The Bertz CT molecular complexity index is 732. The zero-order chi connectivity index (χ0) is 20.1. The number of halogens is 1. The third-order valence-electron chi connectivity index (χ3n) is 4.50. The molecule has 1 heterocycles. The standard InChI is InChI=1S/C18H24ClN3O5/c1-12(23)20-5-7-21(8-6-20)18(25)11-22(13(2)24)15-10-16(26-3)14(19)9-17(15)27-4/h9-10H,5-8,11H2,1-4H3. The SMILES string of the molecule is COc1cc(N(CC(=O)N2CCN(C(C)=O)CC2)C(C)=O)c(OC)cc1Cl. The maximum Gasteiger partial charge on any atom is 0.242 e. The molecule has 1 aliphatic heterocycles. The van der Waals surface area contributed by atoms with Crippen molar-refractivity contribution in [1.82, 2.24) is 9.80 Å². The number of hydrogen-bond acceptors (Lipinski definition) is 5. The molecule has 0 radical (unpaired) electrons. The summed E-state index contributed by atoms with van der Waals surface area (Å²) in [6, 6.07) is 3.12. The molecule has 0 bridgehead atoms. The van der Waals surface area contributed by atoms with Crippen molar-refractivity contribution in [1.29, 1.82) is 0 Å². The van der Waals surface area contributed by atoms with E-state index >= 15 is 0 Å². The second-order valence-corrected chi connectivity index (χ2v) is 6.56. The number of nitrogens with zero attached hydrogens (tertiary/aromatic N) is 3. The van der Waals surface area contributed by atoms with Gasteiger partial charge in [0.2, 0.25) is 17.7 Å². The lowest BCUT2D eigenvalue weighted by Gasteiger charge is -2.35. The monoisotopic (exact) mass is 397 g/mol. The highest BCUT2D eigenvalue weighted by Crippen LogP contribution is 2.38. The number of amides is 3. The molecule has 1 saturated heterocycles. The van der Waals surface area contributed by atoms with Crippen molar-refractivity contribution in [3.63, 3.8) is 0 Å². The van der Waals surface area contributed by atoms with E-state index in [2.05, 4.69) is 0 Å². The quantitative estimate of drug-likeness (QED) is 0.750. The van der Waals surface area contributed by atoms with Crippen LogP contribution in [0.2, 0.25) is 5.02 Å². The molecular formula is C18H24ClN3O5. The van der Waals surface area contributed by atoms with Gasteiger partial charge in [-0.3, -0.25) is 19.3 Å². The number of carbonyl (C=O) groups excluding carboxylic acids is 3. The Morgan fingerprint density at radius 3 is 2.04 bits per heavy atom. The first-order valence-corrected chi connectivity index (χ1v) is 8.89. The zero-order valence-corrected chi connectivity index (χ0v) is 16.7. The smallest absolute Gasteiger partial charge is 0.242 e. The second-order valence-electron chi connectivity index (χ2n) is 6.15. The molecule has 1 aromatic carbocycles. The molecule has 148 valence electrons. The van der Waals surface area contributed by atoms with Crippen molar-refractivity contribution < 1.29 is 23.9 Å². The van der Waals surface area contributed by atoms with Crippen LogP contribution in [0.3, 0.4) is 0 Å². The molecule has 8 nitrogen and oxygen atoms in total. The van der Waals surface area contributed by atoms with Gasteiger partial charge in [0.25, 0.3) is 0 Å². The lowest BCUT2D eigenvalue weighted by molar-refractivity contribution is -0.137. The third kappa shape index (κ3) is 4.82. The Balaban J connectivity index is 2.20. The Hall–Kier alpha value is -2.48. The zero-order valence-electron chi connectivity index (χ0n) is 16.0. The van der Waals surface area contributed by atoms with Crippen LogP contribution in [0.25, 0.3) is 0 Å². The van der Waals surface area contributed by atoms with Crippen LogP contribution in [0.4, 0.5) is 5.69 Å². The highest BCUT2D eigenvalue weighted by atomic mass is 35.5. The predicted molar refractivity (Wildman–Crippen MR) is 101 cm³/mol. The molecule has 0 atom stereocenters. The van der Waals surface area contributed by atoms with Gasteiger partial charge in [-0.05, 0) is 0 Å². The first kappa shape index (κ1) is 20.8. The molecule has 1 aliphatic rings. The molecule has 0 aliphatic carbocycles. The van der Waals surface area contributed by atoms with Crippen molar-refractivity contribution in [3.05, 3.63) is 17.2 Å². The number of carbonyl (C=O) groups is 3. The second kappa shape index (κ2) is 8.94. The van der Waals surface area contributed by atoms with E-state index in [9.17, 15) is 14.4 Å². The van der Waals surface area contributed by atoms with E-state index in [0.717, 1.165) is 0 Å². The lowest BCUT2D eigenvalue weighted by Crippen LogP contribution is -2.52. The van der Waals surface area contributed by atoms with Gasteiger partial charge in [0.05, 0.1) is 24.9 Å². The van der Waals surface area contributed by atoms with Crippen molar-refractivity contribution in [2.24, 2.45) is 0 Å². The van der Waals surface area contributed by atoms with Crippen LogP contribution in [-0.2, 0) is 14.4 Å². The Kier molecular flexibility index (Phi) is 6.90. The molecule has 2 rings (SSSR count). The van der Waals surface area contributed by atoms with Gasteiger partial charge < -0.3 is 19.3 Å². The van der Waals surface area contributed by atoms with Gasteiger partial charge in [-0.2, -0.15) is 0 Å². The summed E-state index contributed by atoms with van der Waals surface area (Å²) in [5.74, 6) is 0.217. The third-order valence-corrected chi connectivity index (χ3v) is 4.79. The molecule has 0 N–H and O–H groups in total. The van der Waals surface area contributed by atoms with Crippen molar-refractivity contribution >= 4 is 35.0 Å². The lowest BCUT2D eigenvalue weighted by atomic mass is 10.2. The number of hydrogen-bond donors (Lipinski definition) is 0. The number of ether oxygens (including phenoxy) is 2. The minimum Gasteiger partial charge on any atom is -0.495 e. The van der Waals surface area contributed by atoms with Crippen LogP contribution in [0.1, 0.15) is 13.8 Å². The van der Waals surface area contributed by atoms with Crippen LogP contribution in [0.15, 0.2) is 12.1 Å². The van der Waals surface area contributed by atoms with E-state index in [1.165, 1.54) is 33.0 Å². The minimum atomic E-state index is -0.312. The summed E-state index contributed by atoms with van der Waals surface area (Å²) in [7, 11) is 2.93. The topological polar surface area (TPSA) is 79.4 Å². The van der Waals surface area contributed by atoms with Gasteiger partial charge in [-0.15, -0.1) is 0 Å². The molecule has 0 unspecified atom stereocenters. The van der Waals surface area contributed by atoms with Crippen LogP contribution in [0.5, 0.6) is 11.5 Å². The van der Waals surface area contributed by atoms with Gasteiger partial charge >= 0.3 is 0 Å². The summed E-state index contributed by atoms with van der Waals surface area (Å²) in [6.45, 7) is 4.59. The number of methoxy groups -OCH3 is 2. The highest BCUT2D eigenvalue weighted by Gasteiger charge is 2.27. The fourth-order valence-corrected chi connectivity index (χ4v) is 3.16. The molecule has 0 saturated carbocycles. The maximum absolute atomic E-state index is 12.7. The molecule has 1 aromatic rings. The molecule has 1 fully saturated rings. The van der Waals surface area contributed by atoms with E-state index in [0.29, 0.717) is 48.4 Å². The first-order valence-electron chi connectivity index (χ1n) is 8.51. The summed E-state index contributed by atoms with van der Waals surface area (Å²) in [4.78, 5) is 41.0. The Labute approximate surface area is 163 Å². The van der Waals surface area contributed by atoms with E-state index in [4.69, 9.17) is 21.1 Å². The van der Waals surface area contributed by atoms with E-state index < -0.39 is 0 Å². The number of benzene rings is 1. The largest absolute Gasteiger partial charge is 0.495 e. The number of anilines is 1. The fraction of sp³-hybridized carbons (Fsp3) is 0.500. The molecule has 27 heavy (non-hydrogen) atoms. The molecule has 9 heteroatoms. The average molecular weight is 398 g/mol. The Morgan fingerprint density at radius 1 is 1.00 bits per heavy atom. The van der Waals surface area contributed by atoms with Crippen molar-refractivity contribution in [2.75, 3.05) is 51.8 Å². The summed E-state index contributed by atoms with van der Waals surface area (Å²) in [5.41, 5.74) is 0.405. The number of rotatable bonds is 5. The fourth-order valence-electron chi connectivity index (χ4n) is 2.93. The first-order chi connectivity index (χ1) is 12.8. The van der Waals surface area contributed by atoms with Crippen LogP contribution < -0.4 is 14.4 Å². The van der Waals surface area contributed by atoms with Gasteiger partial charge in [0.15, 0.2) is 0 Å². The predicted octanol–water partition coefficient (Wildman–Crippen LogP) is 1.40. The summed E-state index contributed by atoms with van der Waals surface area (Å²) < 4.78 is 10.5. The highest BCUT2D eigenvalue weighted by molar-refractivity contribution is 6.32. The van der Waals surface area contributed by atoms with E-state index in [1.54, 1.807) is 21.9 Å². The van der Waals surface area contributed by atoms with Crippen LogP contribution in [-0.4, -0.2) is 74.5 Å². The molecule has 3 amide bonds. The summed E-state index contributed by atoms with van der Waals surface area (Å²) in [6.07, 6.45) is 0. The van der Waals surface area contributed by atoms with Crippen molar-refractivity contribution in [3.8, 4) is 11.5 Å². The van der Waals surface area contributed by atoms with Crippen LogP contribution in [0, 0.1) is 0 Å². The number of piperazine rings is 1. The summed E-state index contributed by atoms with van der Waals surface area (Å²) in [5, 5.41) is 0.341. The van der Waals surface area contributed by atoms with Gasteiger partial charge in [-0.25, -0.2) is 0 Å². The van der Waals surface area contributed by atoms with E-state index in [1.807, 2.05) is 0 Å². The van der Waals surface area contributed by atoms with E-state index in [-0.39, 0.29) is 24.3 Å². The van der Waals surface area contributed by atoms with Gasteiger partial charge in [-0.1, -0.05) is 11.6 Å². The normalized spacial score (nSPS) is 14.0. The van der Waals surface area contributed by atoms with Crippen molar-refractivity contribution in [2.45, 2.75) is 13.8 Å². The minimum absolute atomic E-state index is 0.00884. The maximum atomic E-state index is 12.7. The van der Waals surface area contributed by atoms with Gasteiger partial charge in [0, 0.05) is 52.2 Å². The Morgan fingerprint density at radius 2 is 1.56 bits per heavy atom. The van der Waals surface area contributed by atoms with Gasteiger partial charge in [0.1, 0.15) is 18.0 Å².